The highest BCUT2D eigenvalue weighted by Gasteiger charge is 2.31. The smallest absolute Gasteiger partial charge is 0.194 e. The number of aliphatic hydroxyl groups is 1. The maximum atomic E-state index is 14.9. The normalized spacial score (nSPS) is 17.6. The summed E-state index contributed by atoms with van der Waals surface area (Å²) >= 11 is 0. The van der Waals surface area contributed by atoms with Crippen LogP contribution in [0.1, 0.15) is 25.0 Å². The molecule has 3 nitrogen and oxygen atoms in total. The van der Waals surface area contributed by atoms with Crippen LogP contribution >= 0.6 is 0 Å². The third-order valence-electron chi connectivity index (χ3n) is 4.43. The van der Waals surface area contributed by atoms with Gasteiger partial charge >= 0.3 is 0 Å². The molecule has 2 aromatic rings. The highest BCUT2D eigenvalue weighted by molar-refractivity contribution is 6.13. The zero-order valence-electron chi connectivity index (χ0n) is 15.6. The molecule has 0 saturated carbocycles. The molecule has 1 N–H and O–H groups in total. The highest BCUT2D eigenvalue weighted by Crippen LogP contribution is 2.34. The minimum atomic E-state index is -0.640. The molecule has 6 heteroatoms. The van der Waals surface area contributed by atoms with Crippen molar-refractivity contribution < 1.29 is 18.3 Å². The minimum Gasteiger partial charge on any atom is -0.392 e. The first-order valence-corrected chi connectivity index (χ1v) is 8.98. The molecular weight excluding hydrogens is 365 g/mol. The fraction of sp³-hybridized carbons (Fsp3) is 0.227. The van der Waals surface area contributed by atoms with E-state index >= 15 is 0 Å². The average molecular weight is 386 g/mol. The third kappa shape index (κ3) is 4.17. The van der Waals surface area contributed by atoms with E-state index in [4.69, 9.17) is 5.11 Å². The Morgan fingerprint density at radius 3 is 2.07 bits per heavy atom. The summed E-state index contributed by atoms with van der Waals surface area (Å²) in [5.41, 5.74) is 2.35. The summed E-state index contributed by atoms with van der Waals surface area (Å²) in [6, 6.07) is 11.6. The van der Waals surface area contributed by atoms with E-state index in [1.807, 2.05) is 13.8 Å². The highest BCUT2D eigenvalue weighted by atomic mass is 19.1. The predicted molar refractivity (Wildman–Crippen MR) is 104 cm³/mol. The fourth-order valence-corrected chi connectivity index (χ4v) is 3.06. The first-order chi connectivity index (χ1) is 13.4. The van der Waals surface area contributed by atoms with Crippen LogP contribution in [0.5, 0.6) is 0 Å². The van der Waals surface area contributed by atoms with Gasteiger partial charge in [-0.2, -0.15) is 4.39 Å². The molecule has 1 heterocycles. The first-order valence-electron chi connectivity index (χ1n) is 8.98. The van der Waals surface area contributed by atoms with Gasteiger partial charge in [0.2, 0.25) is 0 Å². The van der Waals surface area contributed by atoms with Crippen LogP contribution in [-0.4, -0.2) is 28.5 Å². The Morgan fingerprint density at radius 2 is 1.57 bits per heavy atom. The van der Waals surface area contributed by atoms with Crippen LogP contribution in [0.15, 0.2) is 71.6 Å². The van der Waals surface area contributed by atoms with Crippen molar-refractivity contribution in [1.82, 2.24) is 4.90 Å². The lowest BCUT2D eigenvalue weighted by Gasteiger charge is -2.37. The van der Waals surface area contributed by atoms with Crippen LogP contribution in [0.2, 0.25) is 0 Å². The molecule has 1 atom stereocenters. The van der Waals surface area contributed by atoms with E-state index in [0.717, 1.165) is 6.08 Å². The number of allylic oxidation sites excluding steroid dienone is 1. The minimum absolute atomic E-state index is 0.0718. The average Bonchev–Trinajstić information content (AvgIpc) is 2.68. The number of benzene rings is 2. The number of hydrogen-bond acceptors (Lipinski definition) is 3. The van der Waals surface area contributed by atoms with Crippen LogP contribution in [0.4, 0.5) is 13.2 Å². The van der Waals surface area contributed by atoms with E-state index < -0.39 is 24.5 Å². The molecule has 1 aliphatic rings. The quantitative estimate of drug-likeness (QED) is 0.743. The van der Waals surface area contributed by atoms with E-state index in [1.165, 1.54) is 29.2 Å². The van der Waals surface area contributed by atoms with Crippen molar-refractivity contribution in [3.63, 3.8) is 0 Å². The van der Waals surface area contributed by atoms with Gasteiger partial charge in [-0.3, -0.25) is 9.89 Å². The number of rotatable bonds is 5. The summed E-state index contributed by atoms with van der Waals surface area (Å²) in [7, 11) is 0. The van der Waals surface area contributed by atoms with E-state index in [2.05, 4.69) is 4.99 Å². The Morgan fingerprint density at radius 1 is 1.04 bits per heavy atom. The molecule has 0 aliphatic carbocycles. The maximum absolute atomic E-state index is 14.9. The van der Waals surface area contributed by atoms with Crippen molar-refractivity contribution in [2.45, 2.75) is 20.0 Å². The van der Waals surface area contributed by atoms with Crippen LogP contribution in [0.25, 0.3) is 5.70 Å². The van der Waals surface area contributed by atoms with Gasteiger partial charge in [-0.1, -0.05) is 13.8 Å². The summed E-state index contributed by atoms with van der Waals surface area (Å²) in [5.74, 6) is -1.47. The second-order valence-corrected chi connectivity index (χ2v) is 6.79. The number of aliphatic hydroxyl groups excluding tert-OH is 1. The second kappa shape index (κ2) is 8.44. The van der Waals surface area contributed by atoms with Crippen molar-refractivity contribution in [3.05, 3.63) is 89.4 Å². The Bertz CT molecular complexity index is 916. The van der Waals surface area contributed by atoms with Gasteiger partial charge < -0.3 is 5.11 Å². The molecule has 0 radical (unpaired) electrons. The summed E-state index contributed by atoms with van der Waals surface area (Å²) < 4.78 is 41.6. The molecule has 0 spiro atoms. The molecule has 0 saturated heterocycles. The number of nitrogens with zero attached hydrogens (tertiary/aromatic N) is 2. The number of aliphatic imine (C=N–C) groups is 1. The summed E-state index contributed by atoms with van der Waals surface area (Å²) in [6.45, 7) is 3.35. The van der Waals surface area contributed by atoms with Crippen LogP contribution in [0.3, 0.4) is 0 Å². The maximum Gasteiger partial charge on any atom is 0.194 e. The number of hydrogen-bond donors (Lipinski definition) is 1. The van der Waals surface area contributed by atoms with Crippen molar-refractivity contribution in [3.8, 4) is 0 Å². The van der Waals surface area contributed by atoms with Crippen LogP contribution in [0, 0.1) is 17.6 Å². The molecule has 1 unspecified atom stereocenters. The largest absolute Gasteiger partial charge is 0.392 e. The predicted octanol–water partition coefficient (Wildman–Crippen LogP) is 4.90. The lowest BCUT2D eigenvalue weighted by Crippen LogP contribution is -2.38. The van der Waals surface area contributed by atoms with Gasteiger partial charge in [0.25, 0.3) is 0 Å². The summed E-state index contributed by atoms with van der Waals surface area (Å²) in [6.07, 6.45) is 2.16. The SMILES string of the molecule is CC(C)C1N=C(c2ccc(F)cc2)C=C(c2ccc(F)cc2)N1C(F)=CCO. The molecular formula is C22H21F3N2O. The Kier molecular flexibility index (Phi) is 5.99. The molecule has 28 heavy (non-hydrogen) atoms. The van der Waals surface area contributed by atoms with Crippen molar-refractivity contribution in [1.29, 1.82) is 0 Å². The Labute approximate surface area is 162 Å². The summed E-state index contributed by atoms with van der Waals surface area (Å²) in [5, 5.41) is 9.16. The first kappa shape index (κ1) is 19.9. The molecule has 0 amide bonds. The van der Waals surface area contributed by atoms with E-state index in [-0.39, 0.29) is 11.7 Å². The molecule has 1 aliphatic heterocycles. The van der Waals surface area contributed by atoms with Crippen LogP contribution in [-0.2, 0) is 0 Å². The van der Waals surface area contributed by atoms with Gasteiger partial charge in [-0.25, -0.2) is 8.78 Å². The van der Waals surface area contributed by atoms with Gasteiger partial charge in [0.15, 0.2) is 5.95 Å². The molecule has 146 valence electrons. The van der Waals surface area contributed by atoms with E-state index in [9.17, 15) is 13.2 Å². The van der Waals surface area contributed by atoms with Gasteiger partial charge in [-0.15, -0.1) is 0 Å². The van der Waals surface area contributed by atoms with E-state index in [0.29, 0.717) is 22.5 Å². The monoisotopic (exact) mass is 386 g/mol. The van der Waals surface area contributed by atoms with Gasteiger partial charge in [0.05, 0.1) is 18.0 Å². The van der Waals surface area contributed by atoms with Gasteiger partial charge in [-0.05, 0) is 72.2 Å². The summed E-state index contributed by atoms with van der Waals surface area (Å²) in [4.78, 5) is 6.06. The lowest BCUT2D eigenvalue weighted by atomic mass is 9.99. The van der Waals surface area contributed by atoms with Crippen LogP contribution < -0.4 is 0 Å². The topological polar surface area (TPSA) is 35.8 Å². The van der Waals surface area contributed by atoms with Crippen molar-refractivity contribution in [2.24, 2.45) is 10.9 Å². The second-order valence-electron chi connectivity index (χ2n) is 6.79. The molecule has 0 fully saturated rings. The van der Waals surface area contributed by atoms with Gasteiger partial charge in [0, 0.05) is 5.56 Å². The molecule has 0 aromatic heterocycles. The number of halogens is 3. The standard InChI is InChI=1S/C22H21F3N2O/c1-14(2)22-26-19(15-3-7-17(23)8-4-15)13-20(27(22)21(25)11-12-28)16-5-9-18(24)10-6-16/h3-11,13-14,22,28H,12H2,1-2H3. The lowest BCUT2D eigenvalue weighted by molar-refractivity contribution is 0.232. The molecule has 2 aromatic carbocycles. The third-order valence-corrected chi connectivity index (χ3v) is 4.43. The Balaban J connectivity index is 2.17. The Hall–Kier alpha value is -2.86. The zero-order chi connectivity index (χ0) is 20.3. The van der Waals surface area contributed by atoms with E-state index in [1.54, 1.807) is 30.3 Å². The molecule has 3 rings (SSSR count). The zero-order valence-corrected chi connectivity index (χ0v) is 15.6. The molecule has 0 bridgehead atoms. The van der Waals surface area contributed by atoms with Crippen molar-refractivity contribution in [2.75, 3.05) is 6.61 Å². The van der Waals surface area contributed by atoms with Crippen molar-refractivity contribution >= 4 is 11.4 Å². The fourth-order valence-electron chi connectivity index (χ4n) is 3.06. The van der Waals surface area contributed by atoms with Gasteiger partial charge in [0.1, 0.15) is 17.8 Å².